The average Bonchev–Trinajstić information content (AvgIpc) is 3.76. The van der Waals surface area contributed by atoms with Gasteiger partial charge in [-0.05, 0) is 127 Å². The Bertz CT molecular complexity index is 1440. The van der Waals surface area contributed by atoms with Gasteiger partial charge in [0.15, 0.2) is 0 Å². The normalized spacial score (nSPS) is 25.3. The maximum absolute atomic E-state index is 8.34. The van der Waals surface area contributed by atoms with Crippen LogP contribution in [0.3, 0.4) is 0 Å². The predicted octanol–water partition coefficient (Wildman–Crippen LogP) is 12.3. The number of hydrogen-bond acceptors (Lipinski definition) is 2. The number of allylic oxidation sites excluding steroid dienone is 5. The summed E-state index contributed by atoms with van der Waals surface area (Å²) in [5.74, 6) is 1.26. The van der Waals surface area contributed by atoms with Gasteiger partial charge in [0.05, 0.1) is 9.99 Å². The minimum Gasteiger partial charge on any atom is -0.325 e. The Morgan fingerprint density at radius 1 is 0.739 bits per heavy atom. The highest BCUT2D eigenvalue weighted by Gasteiger charge is 2.56. The van der Waals surface area contributed by atoms with Gasteiger partial charge in [0.25, 0.3) is 0 Å². The lowest BCUT2D eigenvalue weighted by atomic mass is 10.0. The van der Waals surface area contributed by atoms with E-state index in [9.17, 15) is 0 Å². The highest BCUT2D eigenvalue weighted by Crippen LogP contribution is 2.73. The molecule has 0 N–H and O–H groups in total. The van der Waals surface area contributed by atoms with E-state index in [1.54, 1.807) is 0 Å². The van der Waals surface area contributed by atoms with E-state index in [1.807, 2.05) is 0 Å². The molecule has 2 unspecified atom stereocenters. The van der Waals surface area contributed by atoms with E-state index in [2.05, 4.69) is 102 Å². The lowest BCUT2D eigenvalue weighted by Gasteiger charge is -2.42. The maximum atomic E-state index is 8.34. The summed E-state index contributed by atoms with van der Waals surface area (Å²) in [6.45, 7) is 19.8. The molecule has 4 fully saturated rings. The molecule has 0 bridgehead atoms. The van der Waals surface area contributed by atoms with Gasteiger partial charge >= 0.3 is 0 Å². The van der Waals surface area contributed by atoms with Crippen molar-refractivity contribution in [3.8, 4) is 0 Å². The molecule has 2 atom stereocenters. The van der Waals surface area contributed by atoms with E-state index in [4.69, 9.17) is 23.2 Å². The third-order valence-electron chi connectivity index (χ3n) is 11.0. The van der Waals surface area contributed by atoms with Crippen LogP contribution in [0.2, 0.25) is 0 Å². The first-order valence-electron chi connectivity index (χ1n) is 17.8. The van der Waals surface area contributed by atoms with E-state index in [-0.39, 0.29) is 5.38 Å². The fourth-order valence-electron chi connectivity index (χ4n) is 9.52. The Balaban J connectivity index is 1.63. The van der Waals surface area contributed by atoms with E-state index in [0.717, 1.165) is 30.8 Å². The monoisotopic (exact) mass is 676 g/mol. The molecular formula is C41H55Cl2N2P. The van der Waals surface area contributed by atoms with Crippen LogP contribution in [-0.2, 0) is 0 Å². The highest BCUT2D eigenvalue weighted by molar-refractivity contribution is 7.63. The molecule has 2 aromatic carbocycles. The molecule has 0 aromatic heterocycles. The second-order valence-corrected chi connectivity index (χ2v) is 19.5. The summed E-state index contributed by atoms with van der Waals surface area (Å²) in [4.78, 5) is 5.22. The molecular weight excluding hydrogens is 622 g/mol. The third kappa shape index (κ3) is 6.26. The number of anilines is 2. The van der Waals surface area contributed by atoms with Crippen molar-refractivity contribution in [2.24, 2.45) is 0 Å². The lowest BCUT2D eigenvalue weighted by molar-refractivity contribution is 0.776. The minimum absolute atomic E-state index is 0.141. The first-order valence-corrected chi connectivity index (χ1v) is 20.1. The van der Waals surface area contributed by atoms with Crippen molar-refractivity contribution in [1.82, 2.24) is 0 Å². The summed E-state index contributed by atoms with van der Waals surface area (Å²) in [5.41, 5.74) is 16.0. The van der Waals surface area contributed by atoms with Crippen molar-refractivity contribution in [1.29, 1.82) is 0 Å². The molecule has 1 saturated heterocycles. The topological polar surface area (TPSA) is 6.48 Å². The first kappa shape index (κ1) is 34.1. The summed E-state index contributed by atoms with van der Waals surface area (Å²) < 4.78 is -0.408. The SMILES string of the molecule is CC(C)=CC=C1C(=C2N(c3c(C)cc(C)cc3C)CCN2c2c(C)cc(C)cc2C)C(Cl)CC1(Cl)P(C1CCCC1)C1CCCC1. The van der Waals surface area contributed by atoms with Crippen LogP contribution in [0.1, 0.15) is 105 Å². The van der Waals surface area contributed by atoms with Gasteiger partial charge in [0.1, 0.15) is 5.82 Å². The van der Waals surface area contributed by atoms with Crippen LogP contribution >= 0.6 is 31.1 Å². The van der Waals surface area contributed by atoms with Gasteiger partial charge in [0, 0.05) is 30.0 Å². The quantitative estimate of drug-likeness (QED) is 0.222. The molecule has 0 amide bonds. The van der Waals surface area contributed by atoms with Crippen molar-refractivity contribution < 1.29 is 0 Å². The fraction of sp³-hybridized carbons (Fsp3) is 0.561. The van der Waals surface area contributed by atoms with Gasteiger partial charge in [-0.1, -0.05) is 86.7 Å². The molecule has 4 aliphatic rings. The molecule has 3 saturated carbocycles. The second kappa shape index (κ2) is 13.6. The Morgan fingerprint density at radius 2 is 1.15 bits per heavy atom. The third-order valence-corrected chi connectivity index (χ3v) is 16.2. The van der Waals surface area contributed by atoms with Gasteiger partial charge in [-0.25, -0.2) is 0 Å². The van der Waals surface area contributed by atoms with Gasteiger partial charge in [-0.2, -0.15) is 0 Å². The van der Waals surface area contributed by atoms with Crippen molar-refractivity contribution in [3.05, 3.63) is 92.3 Å². The Kier molecular flexibility index (Phi) is 10.1. The van der Waals surface area contributed by atoms with Gasteiger partial charge < -0.3 is 9.80 Å². The lowest BCUT2D eigenvalue weighted by Crippen LogP contribution is -2.30. The number of hydrogen-bond donors (Lipinski definition) is 0. The Labute approximate surface area is 291 Å². The summed E-state index contributed by atoms with van der Waals surface area (Å²) in [6.07, 6.45) is 16.3. The van der Waals surface area contributed by atoms with Crippen LogP contribution in [0.25, 0.3) is 0 Å². The number of benzene rings is 2. The summed E-state index contributed by atoms with van der Waals surface area (Å²) in [5, 5.41) is -0.141. The van der Waals surface area contributed by atoms with Crippen molar-refractivity contribution in [3.63, 3.8) is 0 Å². The molecule has 46 heavy (non-hydrogen) atoms. The van der Waals surface area contributed by atoms with Gasteiger partial charge in [-0.15, -0.1) is 23.2 Å². The summed E-state index contributed by atoms with van der Waals surface area (Å²) >= 11 is 16.1. The Morgan fingerprint density at radius 3 is 1.54 bits per heavy atom. The van der Waals surface area contributed by atoms with Crippen LogP contribution in [0.4, 0.5) is 11.4 Å². The molecule has 248 valence electrons. The number of rotatable bonds is 6. The van der Waals surface area contributed by atoms with Crippen LogP contribution in [0.5, 0.6) is 0 Å². The average molecular weight is 678 g/mol. The molecule has 1 aliphatic heterocycles. The van der Waals surface area contributed by atoms with Crippen LogP contribution in [0.15, 0.2) is 59.0 Å². The van der Waals surface area contributed by atoms with Gasteiger partial charge in [-0.3, -0.25) is 0 Å². The van der Waals surface area contributed by atoms with Crippen LogP contribution < -0.4 is 9.80 Å². The largest absolute Gasteiger partial charge is 0.325 e. The molecule has 6 rings (SSSR count). The number of aryl methyl sites for hydroxylation is 6. The smallest absolute Gasteiger partial charge is 0.118 e. The van der Waals surface area contributed by atoms with Crippen molar-refractivity contribution >= 4 is 42.5 Å². The second-order valence-electron chi connectivity index (χ2n) is 15.1. The van der Waals surface area contributed by atoms with Crippen LogP contribution in [0, 0.1) is 41.5 Å². The number of nitrogens with zero attached hydrogens (tertiary/aromatic N) is 2. The molecule has 5 heteroatoms. The maximum Gasteiger partial charge on any atom is 0.118 e. The standard InChI is InChI=1S/C41H55Cl2N2P/c1-26(2)17-18-35-37(36(42)25-41(35,43)46(33-13-9-10-14-33)34-15-11-12-16-34)40-44(38-29(5)21-27(3)22-30(38)6)19-20-45(40)39-31(7)23-28(4)24-32(39)8/h17-18,21-24,33-34,36H,9-16,19-20,25H2,1-8H3. The molecule has 0 radical (unpaired) electrons. The molecule has 2 aromatic rings. The molecule has 0 spiro atoms. The Hall–Kier alpha value is -1.73. The van der Waals surface area contributed by atoms with E-state index < -0.39 is 12.5 Å². The van der Waals surface area contributed by atoms with Crippen molar-refractivity contribution in [2.75, 3.05) is 22.9 Å². The minimum atomic E-state index is -0.442. The van der Waals surface area contributed by atoms with Gasteiger partial charge in [0.2, 0.25) is 0 Å². The summed E-state index contributed by atoms with van der Waals surface area (Å²) in [6, 6.07) is 9.36. The zero-order valence-corrected chi connectivity index (χ0v) is 32.0. The summed E-state index contributed by atoms with van der Waals surface area (Å²) in [7, 11) is -0.442. The molecule has 2 nitrogen and oxygen atoms in total. The predicted molar refractivity (Wildman–Crippen MR) is 205 cm³/mol. The fourth-order valence-corrected chi connectivity index (χ4v) is 15.8. The zero-order valence-electron chi connectivity index (χ0n) is 29.6. The first-order chi connectivity index (χ1) is 21.9. The van der Waals surface area contributed by atoms with E-state index in [1.165, 1.54) is 119 Å². The van der Waals surface area contributed by atoms with E-state index >= 15 is 0 Å². The highest BCUT2D eigenvalue weighted by atomic mass is 35.5. The number of alkyl halides is 2. The zero-order chi connectivity index (χ0) is 32.9. The number of halogens is 2. The van der Waals surface area contributed by atoms with Crippen molar-refractivity contribution in [2.45, 2.75) is 134 Å². The molecule has 1 heterocycles. The molecule has 3 aliphatic carbocycles. The van der Waals surface area contributed by atoms with E-state index in [0.29, 0.717) is 0 Å². The van der Waals surface area contributed by atoms with Crippen LogP contribution in [-0.4, -0.2) is 34.4 Å².